The van der Waals surface area contributed by atoms with Gasteiger partial charge in [-0.3, -0.25) is 0 Å². The summed E-state index contributed by atoms with van der Waals surface area (Å²) < 4.78 is 5.75. The summed E-state index contributed by atoms with van der Waals surface area (Å²) in [6, 6.07) is 7.48. The normalized spacial score (nSPS) is 32.1. The molecule has 2 aliphatic carbocycles. The molecule has 1 aromatic carbocycles. The van der Waals surface area contributed by atoms with Crippen molar-refractivity contribution >= 4 is 0 Å². The van der Waals surface area contributed by atoms with Gasteiger partial charge in [0.25, 0.3) is 0 Å². The van der Waals surface area contributed by atoms with Crippen LogP contribution in [0.1, 0.15) is 49.8 Å². The Hall–Kier alpha value is -1.02. The summed E-state index contributed by atoms with van der Waals surface area (Å²) in [6.45, 7) is 4.18. The molecule has 1 N–H and O–H groups in total. The summed E-state index contributed by atoms with van der Waals surface area (Å²) in [7, 11) is 0. The summed E-state index contributed by atoms with van der Waals surface area (Å²) >= 11 is 0. The minimum absolute atomic E-state index is 0.572. The Bertz CT molecular complexity index is 488. The quantitative estimate of drug-likeness (QED) is 0.901. The van der Waals surface area contributed by atoms with Crippen molar-refractivity contribution in [1.29, 1.82) is 0 Å². The average Bonchev–Trinajstić information content (AvgIpc) is 2.94. The largest absolute Gasteiger partial charge is 0.493 e. The van der Waals surface area contributed by atoms with E-state index in [1.807, 2.05) is 0 Å². The van der Waals surface area contributed by atoms with E-state index in [4.69, 9.17) is 4.74 Å². The molecule has 1 heterocycles. The molecule has 2 fully saturated rings. The molecule has 0 amide bonds. The smallest absolute Gasteiger partial charge is 0.122 e. The van der Waals surface area contributed by atoms with Crippen LogP contribution in [-0.4, -0.2) is 13.2 Å². The van der Waals surface area contributed by atoms with Crippen LogP contribution in [0.4, 0.5) is 0 Å². The number of fused-ring (bicyclic) bond motifs is 2. The van der Waals surface area contributed by atoms with Crippen LogP contribution in [0.5, 0.6) is 5.75 Å². The number of aryl methyl sites for hydroxylation is 1. The fourth-order valence-electron chi connectivity index (χ4n) is 4.64. The minimum Gasteiger partial charge on any atom is -0.493 e. The number of hydrogen-bond donors (Lipinski definition) is 1. The molecular formula is C18H25NO. The van der Waals surface area contributed by atoms with Crippen molar-refractivity contribution in [2.75, 3.05) is 13.2 Å². The van der Waals surface area contributed by atoms with Gasteiger partial charge < -0.3 is 10.1 Å². The first-order valence-electron chi connectivity index (χ1n) is 8.37. The first-order chi connectivity index (χ1) is 9.88. The van der Waals surface area contributed by atoms with Gasteiger partial charge in [0, 0.05) is 6.04 Å². The molecule has 1 aromatic rings. The highest BCUT2D eigenvalue weighted by Crippen LogP contribution is 2.62. The maximum absolute atomic E-state index is 5.75. The van der Waals surface area contributed by atoms with Crippen LogP contribution < -0.4 is 10.1 Å². The third kappa shape index (κ3) is 2.05. The van der Waals surface area contributed by atoms with Crippen molar-refractivity contribution in [3.05, 3.63) is 29.3 Å². The molecule has 0 saturated heterocycles. The summed E-state index contributed by atoms with van der Waals surface area (Å²) in [5.41, 5.74) is 2.91. The maximum atomic E-state index is 5.75. The minimum atomic E-state index is 0.572. The van der Waals surface area contributed by atoms with Crippen molar-refractivity contribution in [1.82, 2.24) is 5.32 Å². The van der Waals surface area contributed by atoms with Gasteiger partial charge in [-0.15, -0.1) is 0 Å². The van der Waals surface area contributed by atoms with E-state index >= 15 is 0 Å². The lowest BCUT2D eigenvalue weighted by atomic mass is 9.93. The van der Waals surface area contributed by atoms with E-state index in [0.717, 1.165) is 43.1 Å². The molecule has 20 heavy (non-hydrogen) atoms. The van der Waals surface area contributed by atoms with Gasteiger partial charge in [0.05, 0.1) is 6.61 Å². The van der Waals surface area contributed by atoms with Crippen LogP contribution in [0.25, 0.3) is 0 Å². The topological polar surface area (TPSA) is 21.3 Å². The Morgan fingerprint density at radius 3 is 2.90 bits per heavy atom. The van der Waals surface area contributed by atoms with E-state index in [0.29, 0.717) is 6.04 Å². The summed E-state index contributed by atoms with van der Waals surface area (Å²) in [5, 5.41) is 3.76. The van der Waals surface area contributed by atoms with E-state index in [1.54, 1.807) is 0 Å². The van der Waals surface area contributed by atoms with Gasteiger partial charge >= 0.3 is 0 Å². The molecule has 3 atom stereocenters. The summed E-state index contributed by atoms with van der Waals surface area (Å²) in [4.78, 5) is 0. The lowest BCUT2D eigenvalue weighted by Crippen LogP contribution is -2.24. The van der Waals surface area contributed by atoms with Gasteiger partial charge in [0.15, 0.2) is 0 Å². The van der Waals surface area contributed by atoms with Crippen LogP contribution in [0.15, 0.2) is 18.2 Å². The van der Waals surface area contributed by atoms with Gasteiger partial charge in [-0.25, -0.2) is 0 Å². The predicted molar refractivity (Wildman–Crippen MR) is 81.0 cm³/mol. The lowest BCUT2D eigenvalue weighted by molar-refractivity contribution is 0.288. The Labute approximate surface area is 121 Å². The van der Waals surface area contributed by atoms with E-state index in [2.05, 4.69) is 30.4 Å². The van der Waals surface area contributed by atoms with E-state index < -0.39 is 0 Å². The fraction of sp³-hybridized carbons (Fsp3) is 0.667. The van der Waals surface area contributed by atoms with Crippen molar-refractivity contribution in [2.45, 2.75) is 45.1 Å². The van der Waals surface area contributed by atoms with E-state index in [1.165, 1.54) is 36.8 Å². The van der Waals surface area contributed by atoms with Gasteiger partial charge in [0.1, 0.15) is 5.75 Å². The Morgan fingerprint density at radius 1 is 1.25 bits per heavy atom. The molecule has 2 nitrogen and oxygen atoms in total. The number of ether oxygens (including phenoxy) is 1. The predicted octanol–water partition coefficient (Wildman–Crippen LogP) is 3.71. The number of hydrogen-bond acceptors (Lipinski definition) is 2. The summed E-state index contributed by atoms with van der Waals surface area (Å²) in [6.07, 6.45) is 6.73. The van der Waals surface area contributed by atoms with Crippen LogP contribution in [0.2, 0.25) is 0 Å². The fourth-order valence-corrected chi connectivity index (χ4v) is 4.64. The van der Waals surface area contributed by atoms with E-state index in [-0.39, 0.29) is 0 Å². The first-order valence-corrected chi connectivity index (χ1v) is 8.37. The molecule has 2 saturated carbocycles. The van der Waals surface area contributed by atoms with Crippen LogP contribution in [0.3, 0.4) is 0 Å². The molecule has 0 aromatic heterocycles. The van der Waals surface area contributed by atoms with Crippen LogP contribution >= 0.6 is 0 Å². The highest BCUT2D eigenvalue weighted by atomic mass is 16.5. The SMILES string of the molecule is CCNC(c1ccc2c(c1)CCCO2)C1C2CCCC21. The first kappa shape index (κ1) is 12.7. The zero-order valence-electron chi connectivity index (χ0n) is 12.4. The Balaban J connectivity index is 1.59. The molecule has 3 aliphatic rings. The molecule has 3 unspecified atom stereocenters. The van der Waals surface area contributed by atoms with E-state index in [9.17, 15) is 0 Å². The zero-order valence-corrected chi connectivity index (χ0v) is 12.4. The van der Waals surface area contributed by atoms with Crippen molar-refractivity contribution in [3.8, 4) is 5.75 Å². The second kappa shape index (κ2) is 5.07. The standard InChI is InChI=1S/C18H25NO/c1-2-19-18(17-14-6-3-7-15(14)17)13-8-9-16-12(11-13)5-4-10-20-16/h8-9,11,14-15,17-19H,2-7,10H2,1H3. The summed E-state index contributed by atoms with van der Waals surface area (Å²) in [5.74, 6) is 4.02. The molecule has 0 bridgehead atoms. The number of rotatable bonds is 4. The van der Waals surface area contributed by atoms with Gasteiger partial charge in [0.2, 0.25) is 0 Å². The van der Waals surface area contributed by atoms with Crippen molar-refractivity contribution in [3.63, 3.8) is 0 Å². The molecule has 1 aliphatic heterocycles. The van der Waals surface area contributed by atoms with Crippen LogP contribution in [-0.2, 0) is 6.42 Å². The highest BCUT2D eigenvalue weighted by molar-refractivity contribution is 5.40. The van der Waals surface area contributed by atoms with Gasteiger partial charge in [-0.2, -0.15) is 0 Å². The molecule has 0 radical (unpaired) electrons. The second-order valence-electron chi connectivity index (χ2n) is 6.69. The number of nitrogens with one attached hydrogen (secondary N) is 1. The van der Waals surface area contributed by atoms with Gasteiger partial charge in [-0.05, 0) is 67.2 Å². The molecule has 0 spiro atoms. The molecule has 2 heteroatoms. The third-order valence-corrected chi connectivity index (χ3v) is 5.57. The van der Waals surface area contributed by atoms with Crippen molar-refractivity contribution in [2.24, 2.45) is 17.8 Å². The Kier molecular flexibility index (Phi) is 3.22. The monoisotopic (exact) mass is 271 g/mol. The average molecular weight is 271 g/mol. The third-order valence-electron chi connectivity index (χ3n) is 5.57. The lowest BCUT2D eigenvalue weighted by Gasteiger charge is -2.23. The second-order valence-corrected chi connectivity index (χ2v) is 6.69. The zero-order chi connectivity index (χ0) is 13.5. The molecule has 4 rings (SSSR count). The molecule has 108 valence electrons. The maximum Gasteiger partial charge on any atom is 0.122 e. The molecular weight excluding hydrogens is 246 g/mol. The highest BCUT2D eigenvalue weighted by Gasteiger charge is 2.55. The van der Waals surface area contributed by atoms with Gasteiger partial charge in [-0.1, -0.05) is 25.5 Å². The Morgan fingerprint density at radius 2 is 2.10 bits per heavy atom. The van der Waals surface area contributed by atoms with Crippen LogP contribution in [0, 0.1) is 17.8 Å². The van der Waals surface area contributed by atoms with Crippen molar-refractivity contribution < 1.29 is 4.74 Å². The number of benzene rings is 1.